The number of carbonyl (C=O) groups is 1. The van der Waals surface area contributed by atoms with Crippen molar-refractivity contribution in [3.63, 3.8) is 0 Å². The molecule has 3 aromatic rings. The third-order valence-electron chi connectivity index (χ3n) is 4.31. The molecule has 1 heterocycles. The standard InChI is InChI=1S/C21H17NO/c23-21-14-17-10-4-6-12-19(17)22(15-16-8-2-1-3-9-16)20-13-7-5-11-18(20)21/h1-13H,14-15H2. The van der Waals surface area contributed by atoms with Gasteiger partial charge in [-0.05, 0) is 29.3 Å². The predicted octanol–water partition coefficient (Wildman–Crippen LogP) is 4.76. The zero-order valence-electron chi connectivity index (χ0n) is 12.8. The monoisotopic (exact) mass is 299 g/mol. The van der Waals surface area contributed by atoms with Gasteiger partial charge < -0.3 is 4.90 Å². The average molecular weight is 299 g/mol. The van der Waals surface area contributed by atoms with Crippen molar-refractivity contribution in [3.05, 3.63) is 95.6 Å². The quantitative estimate of drug-likeness (QED) is 0.679. The van der Waals surface area contributed by atoms with E-state index in [0.29, 0.717) is 6.42 Å². The van der Waals surface area contributed by atoms with Gasteiger partial charge >= 0.3 is 0 Å². The van der Waals surface area contributed by atoms with Gasteiger partial charge in [-0.15, -0.1) is 0 Å². The van der Waals surface area contributed by atoms with Gasteiger partial charge in [-0.25, -0.2) is 0 Å². The molecule has 0 amide bonds. The van der Waals surface area contributed by atoms with E-state index in [1.807, 2.05) is 42.5 Å². The minimum absolute atomic E-state index is 0.184. The molecule has 0 aliphatic carbocycles. The lowest BCUT2D eigenvalue weighted by Crippen LogP contribution is -2.17. The summed E-state index contributed by atoms with van der Waals surface area (Å²) < 4.78 is 0. The highest BCUT2D eigenvalue weighted by Gasteiger charge is 2.24. The first-order valence-corrected chi connectivity index (χ1v) is 7.84. The van der Waals surface area contributed by atoms with E-state index in [-0.39, 0.29) is 5.78 Å². The number of para-hydroxylation sites is 2. The van der Waals surface area contributed by atoms with Gasteiger partial charge in [0.15, 0.2) is 5.78 Å². The Morgan fingerprint density at radius 1 is 0.739 bits per heavy atom. The van der Waals surface area contributed by atoms with Crippen molar-refractivity contribution in [1.29, 1.82) is 0 Å². The highest BCUT2D eigenvalue weighted by Crippen LogP contribution is 2.36. The van der Waals surface area contributed by atoms with Crippen LogP contribution in [0.1, 0.15) is 21.5 Å². The molecule has 2 nitrogen and oxygen atoms in total. The van der Waals surface area contributed by atoms with Crippen LogP contribution in [0.4, 0.5) is 11.4 Å². The molecule has 1 aliphatic heterocycles. The molecule has 2 heteroatoms. The Morgan fingerprint density at radius 2 is 1.39 bits per heavy atom. The van der Waals surface area contributed by atoms with Crippen LogP contribution in [-0.2, 0) is 13.0 Å². The van der Waals surface area contributed by atoms with Crippen molar-refractivity contribution in [1.82, 2.24) is 0 Å². The number of carbonyl (C=O) groups excluding carboxylic acids is 1. The number of nitrogens with zero attached hydrogens (tertiary/aromatic N) is 1. The molecule has 0 saturated carbocycles. The Kier molecular flexibility index (Phi) is 3.43. The summed E-state index contributed by atoms with van der Waals surface area (Å²) in [7, 11) is 0. The average Bonchev–Trinajstić information content (AvgIpc) is 2.72. The van der Waals surface area contributed by atoms with Gasteiger partial charge in [-0.3, -0.25) is 4.79 Å². The molecule has 4 rings (SSSR count). The fourth-order valence-corrected chi connectivity index (χ4v) is 3.20. The first-order chi connectivity index (χ1) is 11.3. The van der Waals surface area contributed by atoms with Crippen molar-refractivity contribution >= 4 is 17.2 Å². The second kappa shape index (κ2) is 5.73. The highest BCUT2D eigenvalue weighted by atomic mass is 16.1. The van der Waals surface area contributed by atoms with Gasteiger partial charge in [0.1, 0.15) is 0 Å². The number of rotatable bonds is 2. The maximum absolute atomic E-state index is 12.6. The molecule has 0 unspecified atom stereocenters. The molecular formula is C21H17NO. The van der Waals surface area contributed by atoms with Gasteiger partial charge in [0.2, 0.25) is 0 Å². The normalized spacial score (nSPS) is 13.2. The van der Waals surface area contributed by atoms with Gasteiger partial charge in [0.05, 0.1) is 5.69 Å². The summed E-state index contributed by atoms with van der Waals surface area (Å²) in [5.74, 6) is 0.184. The first kappa shape index (κ1) is 13.8. The van der Waals surface area contributed by atoms with Crippen LogP contribution in [0.15, 0.2) is 78.9 Å². The molecule has 0 atom stereocenters. The van der Waals surface area contributed by atoms with Crippen LogP contribution in [0, 0.1) is 0 Å². The van der Waals surface area contributed by atoms with Crippen LogP contribution in [0.2, 0.25) is 0 Å². The van der Waals surface area contributed by atoms with Crippen LogP contribution in [-0.4, -0.2) is 5.78 Å². The van der Waals surface area contributed by atoms with E-state index in [0.717, 1.165) is 29.0 Å². The van der Waals surface area contributed by atoms with E-state index in [4.69, 9.17) is 0 Å². The Balaban J connectivity index is 1.89. The minimum atomic E-state index is 0.184. The van der Waals surface area contributed by atoms with Crippen molar-refractivity contribution in [3.8, 4) is 0 Å². The topological polar surface area (TPSA) is 20.3 Å². The molecule has 0 aromatic heterocycles. The van der Waals surface area contributed by atoms with Crippen LogP contribution >= 0.6 is 0 Å². The van der Waals surface area contributed by atoms with Crippen molar-refractivity contribution in [2.75, 3.05) is 4.90 Å². The molecular weight excluding hydrogens is 282 g/mol. The molecule has 0 bridgehead atoms. The largest absolute Gasteiger partial charge is 0.336 e. The van der Waals surface area contributed by atoms with E-state index in [2.05, 4.69) is 41.3 Å². The van der Waals surface area contributed by atoms with E-state index >= 15 is 0 Å². The number of benzene rings is 3. The lowest BCUT2D eigenvalue weighted by molar-refractivity contribution is 0.0994. The summed E-state index contributed by atoms with van der Waals surface area (Å²) in [5, 5.41) is 0. The summed E-state index contributed by atoms with van der Waals surface area (Å²) >= 11 is 0. The van der Waals surface area contributed by atoms with Crippen molar-refractivity contribution in [2.45, 2.75) is 13.0 Å². The second-order valence-corrected chi connectivity index (χ2v) is 5.82. The van der Waals surface area contributed by atoms with Gasteiger partial charge in [0.25, 0.3) is 0 Å². The summed E-state index contributed by atoms with van der Waals surface area (Å²) in [6, 6.07) is 26.5. The van der Waals surface area contributed by atoms with Gasteiger partial charge in [0, 0.05) is 24.2 Å². The molecule has 0 saturated heterocycles. The van der Waals surface area contributed by atoms with E-state index < -0.39 is 0 Å². The van der Waals surface area contributed by atoms with Gasteiger partial charge in [-0.2, -0.15) is 0 Å². The molecule has 0 spiro atoms. The molecule has 0 N–H and O–H groups in total. The smallest absolute Gasteiger partial charge is 0.169 e. The Hall–Kier alpha value is -2.87. The molecule has 0 radical (unpaired) electrons. The van der Waals surface area contributed by atoms with Crippen molar-refractivity contribution in [2.24, 2.45) is 0 Å². The molecule has 23 heavy (non-hydrogen) atoms. The second-order valence-electron chi connectivity index (χ2n) is 5.82. The summed E-state index contributed by atoms with van der Waals surface area (Å²) in [6.07, 6.45) is 0.457. The lowest BCUT2D eigenvalue weighted by atomic mass is 10.0. The Morgan fingerprint density at radius 3 is 2.22 bits per heavy atom. The third-order valence-corrected chi connectivity index (χ3v) is 4.31. The maximum atomic E-state index is 12.6. The lowest BCUT2D eigenvalue weighted by Gasteiger charge is -2.26. The van der Waals surface area contributed by atoms with Crippen LogP contribution < -0.4 is 4.90 Å². The van der Waals surface area contributed by atoms with Crippen LogP contribution in [0.3, 0.4) is 0 Å². The zero-order valence-corrected chi connectivity index (χ0v) is 12.8. The number of fused-ring (bicyclic) bond motifs is 2. The van der Waals surface area contributed by atoms with E-state index in [9.17, 15) is 4.79 Å². The number of anilines is 2. The highest BCUT2D eigenvalue weighted by molar-refractivity contribution is 6.05. The molecule has 3 aromatic carbocycles. The number of Topliss-reactive ketones (excluding diaryl/α,β-unsaturated/α-hetero) is 1. The minimum Gasteiger partial charge on any atom is -0.336 e. The molecule has 0 fully saturated rings. The Bertz CT molecular complexity index is 854. The van der Waals surface area contributed by atoms with Crippen LogP contribution in [0.25, 0.3) is 0 Å². The predicted molar refractivity (Wildman–Crippen MR) is 93.2 cm³/mol. The fraction of sp³-hybridized carbons (Fsp3) is 0.0952. The zero-order chi connectivity index (χ0) is 15.6. The fourth-order valence-electron chi connectivity index (χ4n) is 3.20. The molecule has 1 aliphatic rings. The van der Waals surface area contributed by atoms with Crippen molar-refractivity contribution < 1.29 is 4.79 Å². The number of hydrogen-bond acceptors (Lipinski definition) is 2. The van der Waals surface area contributed by atoms with E-state index in [1.165, 1.54) is 5.56 Å². The summed E-state index contributed by atoms with van der Waals surface area (Å²) in [5.41, 5.74) is 5.23. The number of hydrogen-bond donors (Lipinski definition) is 0. The van der Waals surface area contributed by atoms with E-state index in [1.54, 1.807) is 0 Å². The van der Waals surface area contributed by atoms with Crippen LogP contribution in [0.5, 0.6) is 0 Å². The van der Waals surface area contributed by atoms with Gasteiger partial charge in [-0.1, -0.05) is 60.7 Å². The maximum Gasteiger partial charge on any atom is 0.169 e. The third kappa shape index (κ3) is 2.53. The first-order valence-electron chi connectivity index (χ1n) is 7.84. The molecule has 112 valence electrons. The number of ketones is 1. The SMILES string of the molecule is O=C1Cc2ccccc2N(Cc2ccccc2)c2ccccc21. The summed E-state index contributed by atoms with van der Waals surface area (Å²) in [4.78, 5) is 14.9. The summed E-state index contributed by atoms with van der Waals surface area (Å²) in [6.45, 7) is 0.752. The Labute approximate surface area is 136 Å².